The van der Waals surface area contributed by atoms with Gasteiger partial charge >= 0.3 is 0 Å². The van der Waals surface area contributed by atoms with Gasteiger partial charge in [-0.1, -0.05) is 13.0 Å². The topological polar surface area (TPSA) is 58.9 Å². The number of imidazole rings is 1. The summed E-state index contributed by atoms with van der Waals surface area (Å²) >= 11 is 0. The normalized spacial score (nSPS) is 9.50. The smallest absolute Gasteiger partial charge is 0.251 e. The summed E-state index contributed by atoms with van der Waals surface area (Å²) in [6.45, 7) is 4.52. The van der Waals surface area contributed by atoms with E-state index in [1.165, 1.54) is 0 Å². The molecule has 1 aromatic heterocycles. The lowest BCUT2D eigenvalue weighted by Gasteiger charge is -2.08. The van der Waals surface area contributed by atoms with E-state index in [1.807, 2.05) is 35.0 Å². The van der Waals surface area contributed by atoms with Gasteiger partial charge in [-0.25, -0.2) is 4.98 Å². The minimum atomic E-state index is -0.0507. The van der Waals surface area contributed by atoms with Crippen molar-refractivity contribution in [2.45, 2.75) is 13.3 Å². The second-order valence-electron chi connectivity index (χ2n) is 4.53. The van der Waals surface area contributed by atoms with Crippen molar-refractivity contribution in [2.75, 3.05) is 19.6 Å². The lowest BCUT2D eigenvalue weighted by Crippen LogP contribution is -2.32. The molecule has 122 valence electrons. The van der Waals surface area contributed by atoms with Crippen LogP contribution < -0.4 is 10.6 Å². The number of hydrogen-bond acceptors (Lipinski definition) is 3. The highest BCUT2D eigenvalue weighted by molar-refractivity contribution is 5.94. The van der Waals surface area contributed by atoms with Gasteiger partial charge in [0.15, 0.2) is 0 Å². The molecule has 0 saturated heterocycles. The number of aromatic nitrogens is 2. The lowest BCUT2D eigenvalue weighted by atomic mass is 10.2. The van der Waals surface area contributed by atoms with E-state index >= 15 is 0 Å². The average Bonchev–Trinajstić information content (AvgIpc) is 3.01. The summed E-state index contributed by atoms with van der Waals surface area (Å²) in [6, 6.07) is 7.49. The summed E-state index contributed by atoms with van der Waals surface area (Å²) in [5.41, 5.74) is 1.59. The first kappa shape index (κ1) is 20.4. The zero-order valence-corrected chi connectivity index (χ0v) is 14.1. The molecule has 0 spiro atoms. The molecule has 5 nitrogen and oxygen atoms in total. The Hall–Kier alpha value is -1.56. The fourth-order valence-electron chi connectivity index (χ4n) is 1.89. The molecular formula is C15H22Cl2N4O. The van der Waals surface area contributed by atoms with Gasteiger partial charge in [0.05, 0.1) is 6.33 Å². The first-order valence-electron chi connectivity index (χ1n) is 6.88. The van der Waals surface area contributed by atoms with Gasteiger partial charge in [0.25, 0.3) is 5.91 Å². The molecule has 7 heteroatoms. The molecule has 0 bridgehead atoms. The van der Waals surface area contributed by atoms with E-state index in [4.69, 9.17) is 0 Å². The average molecular weight is 345 g/mol. The molecule has 2 N–H and O–H groups in total. The van der Waals surface area contributed by atoms with Gasteiger partial charge in [-0.15, -0.1) is 24.8 Å². The molecule has 0 aliphatic carbocycles. The molecule has 0 aliphatic heterocycles. The van der Waals surface area contributed by atoms with Crippen molar-refractivity contribution in [3.63, 3.8) is 0 Å². The summed E-state index contributed by atoms with van der Waals surface area (Å²) < 4.78 is 1.87. The SMILES string of the molecule is CCCNCCNC(=O)c1cccc(-n2ccnc2)c1.Cl.Cl. The summed E-state index contributed by atoms with van der Waals surface area (Å²) in [6.07, 6.45) is 6.38. The molecule has 1 amide bonds. The molecule has 2 aromatic rings. The highest BCUT2D eigenvalue weighted by Crippen LogP contribution is 2.10. The van der Waals surface area contributed by atoms with Crippen LogP contribution in [0.3, 0.4) is 0 Å². The van der Waals surface area contributed by atoms with Gasteiger partial charge in [0.1, 0.15) is 0 Å². The number of benzene rings is 1. The molecule has 1 aromatic carbocycles. The summed E-state index contributed by atoms with van der Waals surface area (Å²) in [7, 11) is 0. The van der Waals surface area contributed by atoms with E-state index in [0.29, 0.717) is 12.1 Å². The van der Waals surface area contributed by atoms with Crippen LogP contribution in [0.2, 0.25) is 0 Å². The van der Waals surface area contributed by atoms with Crippen LogP contribution in [-0.4, -0.2) is 35.1 Å². The fourth-order valence-corrected chi connectivity index (χ4v) is 1.89. The predicted octanol–water partition coefficient (Wildman–Crippen LogP) is 2.45. The maximum atomic E-state index is 12.0. The van der Waals surface area contributed by atoms with E-state index in [1.54, 1.807) is 12.5 Å². The van der Waals surface area contributed by atoms with E-state index < -0.39 is 0 Å². The monoisotopic (exact) mass is 344 g/mol. The van der Waals surface area contributed by atoms with Crippen molar-refractivity contribution in [1.82, 2.24) is 20.2 Å². The number of carbonyl (C=O) groups is 1. The Labute approximate surface area is 143 Å². The maximum absolute atomic E-state index is 12.0. The molecule has 1 heterocycles. The van der Waals surface area contributed by atoms with Crippen LogP contribution in [0.4, 0.5) is 0 Å². The quantitative estimate of drug-likeness (QED) is 0.758. The number of halogens is 2. The van der Waals surface area contributed by atoms with E-state index in [2.05, 4.69) is 22.5 Å². The fraction of sp³-hybridized carbons (Fsp3) is 0.333. The third-order valence-electron chi connectivity index (χ3n) is 2.92. The van der Waals surface area contributed by atoms with Crippen molar-refractivity contribution in [3.8, 4) is 5.69 Å². The van der Waals surface area contributed by atoms with Crippen LogP contribution in [0.15, 0.2) is 43.0 Å². The van der Waals surface area contributed by atoms with Crippen LogP contribution >= 0.6 is 24.8 Å². The van der Waals surface area contributed by atoms with Crippen molar-refractivity contribution in [3.05, 3.63) is 48.5 Å². The summed E-state index contributed by atoms with van der Waals surface area (Å²) in [5.74, 6) is -0.0507. The second kappa shape index (κ2) is 11.1. The van der Waals surface area contributed by atoms with Gasteiger partial charge in [-0.05, 0) is 31.2 Å². The van der Waals surface area contributed by atoms with Crippen molar-refractivity contribution >= 4 is 30.7 Å². The first-order valence-corrected chi connectivity index (χ1v) is 6.88. The Morgan fingerprint density at radius 2 is 2.05 bits per heavy atom. The highest BCUT2D eigenvalue weighted by Gasteiger charge is 2.06. The van der Waals surface area contributed by atoms with Crippen LogP contribution in [0, 0.1) is 0 Å². The molecular weight excluding hydrogens is 323 g/mol. The number of nitrogens with zero attached hydrogens (tertiary/aromatic N) is 2. The van der Waals surface area contributed by atoms with Crippen LogP contribution in [0.5, 0.6) is 0 Å². The molecule has 2 rings (SSSR count). The molecule has 22 heavy (non-hydrogen) atoms. The molecule has 0 saturated carbocycles. The zero-order valence-electron chi connectivity index (χ0n) is 12.5. The van der Waals surface area contributed by atoms with Gasteiger partial charge < -0.3 is 15.2 Å². The van der Waals surface area contributed by atoms with E-state index in [9.17, 15) is 4.79 Å². The molecule has 0 unspecified atom stereocenters. The lowest BCUT2D eigenvalue weighted by molar-refractivity contribution is 0.0954. The van der Waals surface area contributed by atoms with Crippen molar-refractivity contribution in [1.29, 1.82) is 0 Å². The van der Waals surface area contributed by atoms with Gasteiger partial charge in [0, 0.05) is 36.7 Å². The van der Waals surface area contributed by atoms with Crippen LogP contribution in [0.1, 0.15) is 23.7 Å². The second-order valence-corrected chi connectivity index (χ2v) is 4.53. The minimum absolute atomic E-state index is 0. The summed E-state index contributed by atoms with van der Waals surface area (Å²) in [4.78, 5) is 16.0. The Morgan fingerprint density at radius 3 is 2.73 bits per heavy atom. The standard InChI is InChI=1S/C15H20N4O.2ClH/c1-2-6-16-7-8-18-15(20)13-4-3-5-14(11-13)19-10-9-17-12-19;;/h3-5,9-12,16H,2,6-8H2,1H3,(H,18,20);2*1H. The minimum Gasteiger partial charge on any atom is -0.351 e. The van der Waals surface area contributed by atoms with E-state index in [0.717, 1.165) is 25.2 Å². The number of hydrogen-bond donors (Lipinski definition) is 2. The Kier molecular flexibility index (Phi) is 10.3. The predicted molar refractivity (Wildman–Crippen MR) is 93.6 cm³/mol. The van der Waals surface area contributed by atoms with E-state index in [-0.39, 0.29) is 30.7 Å². The number of amides is 1. The van der Waals surface area contributed by atoms with Gasteiger partial charge in [-0.3, -0.25) is 4.79 Å². The third kappa shape index (κ3) is 6.05. The Bertz CT molecular complexity index is 546. The van der Waals surface area contributed by atoms with Crippen LogP contribution in [-0.2, 0) is 0 Å². The summed E-state index contributed by atoms with van der Waals surface area (Å²) in [5, 5.41) is 6.15. The molecule has 0 radical (unpaired) electrons. The third-order valence-corrected chi connectivity index (χ3v) is 2.92. The number of carbonyl (C=O) groups excluding carboxylic acids is 1. The number of rotatable bonds is 7. The zero-order chi connectivity index (χ0) is 14.2. The van der Waals surface area contributed by atoms with Crippen molar-refractivity contribution < 1.29 is 4.79 Å². The Balaban J connectivity index is 0.00000220. The molecule has 0 atom stereocenters. The molecule has 0 aliphatic rings. The number of nitrogens with one attached hydrogen (secondary N) is 2. The van der Waals surface area contributed by atoms with Crippen LogP contribution in [0.25, 0.3) is 5.69 Å². The maximum Gasteiger partial charge on any atom is 0.251 e. The Morgan fingerprint density at radius 1 is 1.23 bits per heavy atom. The van der Waals surface area contributed by atoms with Gasteiger partial charge in [0.2, 0.25) is 0 Å². The van der Waals surface area contributed by atoms with Gasteiger partial charge in [-0.2, -0.15) is 0 Å². The largest absolute Gasteiger partial charge is 0.351 e. The highest BCUT2D eigenvalue weighted by atomic mass is 35.5. The molecule has 0 fully saturated rings. The van der Waals surface area contributed by atoms with Crippen molar-refractivity contribution in [2.24, 2.45) is 0 Å². The first-order chi connectivity index (χ1) is 9.81.